The Labute approximate surface area is 69.4 Å². The quantitative estimate of drug-likeness (QED) is 0.565. The van der Waals surface area contributed by atoms with E-state index in [-0.39, 0.29) is 0 Å². The van der Waals surface area contributed by atoms with Gasteiger partial charge in [0, 0.05) is 5.92 Å². The molecule has 0 aromatic carbocycles. The third-order valence-corrected chi connectivity index (χ3v) is 2.90. The van der Waals surface area contributed by atoms with Crippen molar-refractivity contribution in [2.75, 3.05) is 0 Å². The molecule has 0 aromatic rings. The van der Waals surface area contributed by atoms with Crippen LogP contribution in [0.2, 0.25) is 0 Å². The first kappa shape index (κ1) is 8.59. The lowest BCUT2D eigenvalue weighted by Crippen LogP contribution is -2.17. The summed E-state index contributed by atoms with van der Waals surface area (Å²) in [5.74, 6) is 2.07. The van der Waals surface area contributed by atoms with Gasteiger partial charge in [0.15, 0.2) is 0 Å². The Morgan fingerprint density at radius 2 is 1.73 bits per heavy atom. The van der Waals surface area contributed by atoms with Gasteiger partial charge in [-0.05, 0) is 37.5 Å². The summed E-state index contributed by atoms with van der Waals surface area (Å²) >= 11 is 0. The fourth-order valence-electron chi connectivity index (χ4n) is 1.91. The van der Waals surface area contributed by atoms with Gasteiger partial charge in [0.1, 0.15) is 0 Å². The van der Waals surface area contributed by atoms with E-state index in [4.69, 9.17) is 5.26 Å². The zero-order chi connectivity index (χ0) is 8.27. The molecule has 1 aliphatic rings. The van der Waals surface area contributed by atoms with Crippen LogP contribution in [0.3, 0.4) is 0 Å². The molecule has 0 amide bonds. The van der Waals surface area contributed by atoms with Crippen LogP contribution in [0.5, 0.6) is 0 Å². The van der Waals surface area contributed by atoms with Gasteiger partial charge in [-0.25, -0.2) is 0 Å². The van der Waals surface area contributed by atoms with Gasteiger partial charge in [0.25, 0.3) is 0 Å². The number of nitrogens with zero attached hydrogens (tertiary/aromatic N) is 1. The summed E-state index contributed by atoms with van der Waals surface area (Å²) in [5, 5.41) is 8.67. The molecule has 1 saturated carbocycles. The Hall–Kier alpha value is -0.510. The van der Waals surface area contributed by atoms with Crippen molar-refractivity contribution >= 4 is 0 Å². The maximum atomic E-state index is 8.67. The molecular formula is C10H17N. The first-order valence-corrected chi connectivity index (χ1v) is 4.63. The van der Waals surface area contributed by atoms with Gasteiger partial charge in [-0.15, -0.1) is 0 Å². The molecule has 11 heavy (non-hydrogen) atoms. The molecule has 0 spiro atoms. The lowest BCUT2D eigenvalue weighted by molar-refractivity contribution is 0.251. The molecule has 0 saturated heterocycles. The highest BCUT2D eigenvalue weighted by Gasteiger charge is 2.22. The van der Waals surface area contributed by atoms with Gasteiger partial charge in [0.2, 0.25) is 0 Å². The lowest BCUT2D eigenvalue weighted by Gasteiger charge is -2.27. The van der Waals surface area contributed by atoms with Gasteiger partial charge in [0.05, 0.1) is 6.07 Å². The van der Waals surface area contributed by atoms with Crippen LogP contribution in [0.25, 0.3) is 0 Å². The van der Waals surface area contributed by atoms with E-state index in [2.05, 4.69) is 19.9 Å². The van der Waals surface area contributed by atoms with Crippen molar-refractivity contribution < 1.29 is 0 Å². The second-order valence-electron chi connectivity index (χ2n) is 3.98. The van der Waals surface area contributed by atoms with Crippen LogP contribution in [0.4, 0.5) is 0 Å². The molecule has 0 aromatic heterocycles. The van der Waals surface area contributed by atoms with Crippen molar-refractivity contribution in [3.63, 3.8) is 0 Å². The molecule has 0 radical (unpaired) electrons. The largest absolute Gasteiger partial charge is 0.198 e. The first-order chi connectivity index (χ1) is 5.24. The van der Waals surface area contributed by atoms with Crippen molar-refractivity contribution in [2.24, 2.45) is 17.8 Å². The Morgan fingerprint density at radius 1 is 1.18 bits per heavy atom. The number of nitriles is 1. The topological polar surface area (TPSA) is 23.8 Å². The van der Waals surface area contributed by atoms with Gasteiger partial charge in [-0.3, -0.25) is 0 Å². The molecule has 1 heteroatoms. The summed E-state index contributed by atoms with van der Waals surface area (Å²) < 4.78 is 0. The Balaban J connectivity index is 2.31. The van der Waals surface area contributed by atoms with Crippen LogP contribution >= 0.6 is 0 Å². The second kappa shape index (κ2) is 3.76. The molecule has 1 fully saturated rings. The molecule has 0 bridgehead atoms. The second-order valence-corrected chi connectivity index (χ2v) is 3.98. The van der Waals surface area contributed by atoms with Gasteiger partial charge >= 0.3 is 0 Å². The summed E-state index contributed by atoms with van der Waals surface area (Å²) in [4.78, 5) is 0. The molecule has 0 aliphatic heterocycles. The van der Waals surface area contributed by atoms with E-state index in [1.807, 2.05) is 0 Å². The molecule has 0 unspecified atom stereocenters. The Morgan fingerprint density at radius 3 is 2.09 bits per heavy atom. The zero-order valence-electron chi connectivity index (χ0n) is 7.51. The standard InChI is InChI=1S/C10H17N/c1-8(2)10-5-3-9(7-11)4-6-10/h8-10H,3-6H2,1-2H3/t9-,10+. The van der Waals surface area contributed by atoms with E-state index in [9.17, 15) is 0 Å². The molecule has 62 valence electrons. The first-order valence-electron chi connectivity index (χ1n) is 4.63. The summed E-state index contributed by atoms with van der Waals surface area (Å²) in [7, 11) is 0. The average molecular weight is 151 g/mol. The fourth-order valence-corrected chi connectivity index (χ4v) is 1.91. The van der Waals surface area contributed by atoms with Crippen molar-refractivity contribution in [2.45, 2.75) is 39.5 Å². The molecule has 0 heterocycles. The van der Waals surface area contributed by atoms with E-state index in [1.54, 1.807) is 0 Å². The minimum atomic E-state index is 0.366. The maximum absolute atomic E-state index is 8.67. The van der Waals surface area contributed by atoms with Crippen LogP contribution in [0.15, 0.2) is 0 Å². The van der Waals surface area contributed by atoms with Crippen molar-refractivity contribution in [1.29, 1.82) is 5.26 Å². The molecule has 1 rings (SSSR count). The van der Waals surface area contributed by atoms with Crippen molar-refractivity contribution in [3.8, 4) is 6.07 Å². The van der Waals surface area contributed by atoms with E-state index >= 15 is 0 Å². The SMILES string of the molecule is CC(C)[C@H]1CC[C@@H](C#N)CC1. The predicted octanol–water partition coefficient (Wildman–Crippen LogP) is 2.97. The van der Waals surface area contributed by atoms with Crippen LogP contribution in [0, 0.1) is 29.1 Å². The lowest BCUT2D eigenvalue weighted by atomic mass is 9.77. The number of hydrogen-bond donors (Lipinski definition) is 0. The van der Waals surface area contributed by atoms with E-state index in [0.29, 0.717) is 5.92 Å². The highest BCUT2D eigenvalue weighted by Crippen LogP contribution is 2.32. The van der Waals surface area contributed by atoms with Crippen LogP contribution in [-0.4, -0.2) is 0 Å². The van der Waals surface area contributed by atoms with Gasteiger partial charge < -0.3 is 0 Å². The van der Waals surface area contributed by atoms with Crippen LogP contribution in [-0.2, 0) is 0 Å². The minimum Gasteiger partial charge on any atom is -0.198 e. The third kappa shape index (κ3) is 2.22. The van der Waals surface area contributed by atoms with Gasteiger partial charge in [-0.2, -0.15) is 5.26 Å². The summed E-state index contributed by atoms with van der Waals surface area (Å²) in [6.07, 6.45) is 4.82. The van der Waals surface area contributed by atoms with Gasteiger partial charge in [-0.1, -0.05) is 13.8 Å². The van der Waals surface area contributed by atoms with Crippen molar-refractivity contribution in [1.82, 2.24) is 0 Å². The molecule has 1 nitrogen and oxygen atoms in total. The summed E-state index contributed by atoms with van der Waals surface area (Å²) in [6.45, 7) is 4.58. The van der Waals surface area contributed by atoms with E-state index in [0.717, 1.165) is 24.7 Å². The average Bonchev–Trinajstić information content (AvgIpc) is 2.05. The molecule has 0 N–H and O–H groups in total. The predicted molar refractivity (Wildman–Crippen MR) is 45.9 cm³/mol. The smallest absolute Gasteiger partial charge is 0.0655 e. The monoisotopic (exact) mass is 151 g/mol. The molecule has 0 atom stereocenters. The summed E-state index contributed by atoms with van der Waals surface area (Å²) in [5.41, 5.74) is 0. The summed E-state index contributed by atoms with van der Waals surface area (Å²) in [6, 6.07) is 2.36. The Kier molecular flexibility index (Phi) is 2.93. The number of hydrogen-bond acceptors (Lipinski definition) is 1. The molecule has 1 aliphatic carbocycles. The Bertz CT molecular complexity index is 147. The maximum Gasteiger partial charge on any atom is 0.0655 e. The van der Waals surface area contributed by atoms with Crippen molar-refractivity contribution in [3.05, 3.63) is 0 Å². The third-order valence-electron chi connectivity index (χ3n) is 2.90. The normalized spacial score (nSPS) is 31.8. The highest BCUT2D eigenvalue weighted by atomic mass is 14.3. The number of rotatable bonds is 1. The highest BCUT2D eigenvalue weighted by molar-refractivity contribution is 4.87. The fraction of sp³-hybridized carbons (Fsp3) is 0.900. The van der Waals surface area contributed by atoms with Crippen LogP contribution < -0.4 is 0 Å². The zero-order valence-corrected chi connectivity index (χ0v) is 7.51. The minimum absolute atomic E-state index is 0.366. The van der Waals surface area contributed by atoms with E-state index in [1.165, 1.54) is 12.8 Å². The van der Waals surface area contributed by atoms with Crippen LogP contribution in [0.1, 0.15) is 39.5 Å². The molecular weight excluding hydrogens is 134 g/mol. The van der Waals surface area contributed by atoms with E-state index < -0.39 is 0 Å².